The maximum absolute atomic E-state index is 9.20. The number of aromatic nitrogens is 2. The number of nitrogens with two attached hydrogens (primary N) is 1. The zero-order chi connectivity index (χ0) is 17.0. The first-order valence-corrected chi connectivity index (χ1v) is 7.87. The summed E-state index contributed by atoms with van der Waals surface area (Å²) in [6, 6.07) is 2.44. The number of hydrogen-bond donors (Lipinski definition) is 4. The lowest BCUT2D eigenvalue weighted by Crippen LogP contribution is -2.48. The van der Waals surface area contributed by atoms with Gasteiger partial charge in [-0.05, 0) is 32.8 Å². The summed E-state index contributed by atoms with van der Waals surface area (Å²) in [5.41, 5.74) is 6.58. The standard InChI is InChI=1S/C15H21N7S/c1-9(17)5-14(23)21-15-12(6-16)19-7-13(20-15)22-8-11(18)4-3-10(22)2/h5,7,10-11,17,23H,3-4,8,18H2,1-2H3,(H,20,21)/b14-5-,17-9?. The van der Waals surface area contributed by atoms with Crippen molar-refractivity contribution in [2.45, 2.75) is 38.8 Å². The third-order valence-corrected chi connectivity index (χ3v) is 3.92. The molecule has 7 nitrogen and oxygen atoms in total. The Morgan fingerprint density at radius 2 is 2.35 bits per heavy atom. The second-order valence-electron chi connectivity index (χ2n) is 5.71. The number of hydrogen-bond acceptors (Lipinski definition) is 8. The van der Waals surface area contributed by atoms with Gasteiger partial charge in [-0.25, -0.2) is 9.97 Å². The van der Waals surface area contributed by atoms with Crippen molar-refractivity contribution < 1.29 is 0 Å². The van der Waals surface area contributed by atoms with E-state index >= 15 is 0 Å². The number of anilines is 2. The predicted molar refractivity (Wildman–Crippen MR) is 94.9 cm³/mol. The highest BCUT2D eigenvalue weighted by molar-refractivity contribution is 7.84. The molecule has 122 valence electrons. The minimum absolute atomic E-state index is 0.112. The van der Waals surface area contributed by atoms with Gasteiger partial charge >= 0.3 is 0 Å². The van der Waals surface area contributed by atoms with Crippen molar-refractivity contribution in [3.8, 4) is 6.07 Å². The molecule has 0 radical (unpaired) electrons. The van der Waals surface area contributed by atoms with Gasteiger partial charge in [-0.2, -0.15) is 5.26 Å². The lowest BCUT2D eigenvalue weighted by atomic mass is 10.0. The van der Waals surface area contributed by atoms with Gasteiger partial charge < -0.3 is 21.4 Å². The van der Waals surface area contributed by atoms with Crippen LogP contribution < -0.4 is 16.0 Å². The highest BCUT2D eigenvalue weighted by Crippen LogP contribution is 2.24. The molecule has 1 aromatic heterocycles. The van der Waals surface area contributed by atoms with E-state index in [-0.39, 0.29) is 11.7 Å². The summed E-state index contributed by atoms with van der Waals surface area (Å²) in [7, 11) is 0. The topological polar surface area (TPSA) is 115 Å². The number of rotatable bonds is 4. The molecule has 1 saturated heterocycles. The van der Waals surface area contributed by atoms with Crippen LogP contribution in [-0.2, 0) is 0 Å². The molecule has 4 N–H and O–H groups in total. The van der Waals surface area contributed by atoms with Crippen LogP contribution >= 0.6 is 12.6 Å². The van der Waals surface area contributed by atoms with Crippen molar-refractivity contribution in [1.29, 1.82) is 10.7 Å². The second-order valence-corrected chi connectivity index (χ2v) is 6.20. The molecule has 0 bridgehead atoms. The highest BCUT2D eigenvalue weighted by atomic mass is 32.1. The summed E-state index contributed by atoms with van der Waals surface area (Å²) < 4.78 is 0. The zero-order valence-corrected chi connectivity index (χ0v) is 14.1. The van der Waals surface area contributed by atoms with Crippen LogP contribution in [0.5, 0.6) is 0 Å². The average molecular weight is 331 g/mol. The van der Waals surface area contributed by atoms with Gasteiger partial charge in [0.2, 0.25) is 0 Å². The molecule has 2 atom stereocenters. The van der Waals surface area contributed by atoms with E-state index in [1.165, 1.54) is 6.08 Å². The third kappa shape index (κ3) is 4.43. The molecule has 2 unspecified atom stereocenters. The maximum atomic E-state index is 9.20. The third-order valence-electron chi connectivity index (χ3n) is 3.68. The Labute approximate surface area is 141 Å². The number of piperidine rings is 1. The maximum Gasteiger partial charge on any atom is 0.183 e. The molecule has 8 heteroatoms. The lowest BCUT2D eigenvalue weighted by molar-refractivity contribution is 0.434. The van der Waals surface area contributed by atoms with Crippen molar-refractivity contribution in [3.05, 3.63) is 23.0 Å². The smallest absolute Gasteiger partial charge is 0.183 e. The van der Waals surface area contributed by atoms with Crippen molar-refractivity contribution in [2.75, 3.05) is 16.8 Å². The van der Waals surface area contributed by atoms with Gasteiger partial charge in [-0.3, -0.25) is 0 Å². The van der Waals surface area contributed by atoms with Crippen LogP contribution in [0.1, 0.15) is 32.4 Å². The Kier molecular flexibility index (Phi) is 5.58. The van der Waals surface area contributed by atoms with Gasteiger partial charge in [0.15, 0.2) is 11.5 Å². The minimum atomic E-state index is 0.112. The van der Waals surface area contributed by atoms with Crippen molar-refractivity contribution in [2.24, 2.45) is 5.73 Å². The van der Waals surface area contributed by atoms with Gasteiger partial charge in [-0.15, -0.1) is 12.6 Å². The van der Waals surface area contributed by atoms with Crippen molar-refractivity contribution in [3.63, 3.8) is 0 Å². The Bertz CT molecular complexity index is 664. The molecule has 1 aliphatic rings. The van der Waals surface area contributed by atoms with E-state index in [1.54, 1.807) is 13.1 Å². The summed E-state index contributed by atoms with van der Waals surface area (Å²) in [4.78, 5) is 10.8. The van der Waals surface area contributed by atoms with E-state index in [9.17, 15) is 5.26 Å². The molecule has 23 heavy (non-hydrogen) atoms. The first kappa shape index (κ1) is 17.2. The Balaban J connectivity index is 2.31. The summed E-state index contributed by atoms with van der Waals surface area (Å²) >= 11 is 4.26. The summed E-state index contributed by atoms with van der Waals surface area (Å²) in [6.45, 7) is 4.48. The van der Waals surface area contributed by atoms with Gasteiger partial charge in [0.25, 0.3) is 0 Å². The number of allylic oxidation sites excluding steroid dienone is 1. The van der Waals surface area contributed by atoms with Crippen LogP contribution in [-0.4, -0.2) is 34.3 Å². The first-order chi connectivity index (χ1) is 10.9. The number of nitrogens with one attached hydrogen (secondary N) is 2. The van der Waals surface area contributed by atoms with Crippen LogP contribution in [0.15, 0.2) is 17.3 Å². The van der Waals surface area contributed by atoms with E-state index in [0.717, 1.165) is 12.8 Å². The fourth-order valence-corrected chi connectivity index (χ4v) is 2.80. The number of thiol groups is 1. The van der Waals surface area contributed by atoms with Gasteiger partial charge in [0, 0.05) is 24.3 Å². The fraction of sp³-hybridized carbons (Fsp3) is 0.467. The molecule has 1 aromatic rings. The molecular formula is C15H21N7S. The van der Waals surface area contributed by atoms with Crippen LogP contribution in [0.3, 0.4) is 0 Å². The molecule has 2 rings (SSSR count). The molecule has 2 heterocycles. The van der Waals surface area contributed by atoms with Gasteiger partial charge in [0.1, 0.15) is 11.9 Å². The van der Waals surface area contributed by atoms with Crippen molar-refractivity contribution >= 4 is 30.0 Å². The quantitative estimate of drug-likeness (QED) is 0.495. The molecule has 0 saturated carbocycles. The van der Waals surface area contributed by atoms with E-state index in [1.807, 2.05) is 6.07 Å². The van der Waals surface area contributed by atoms with Crippen LogP contribution in [0, 0.1) is 16.7 Å². The normalized spacial score (nSPS) is 21.7. The first-order valence-electron chi connectivity index (χ1n) is 7.43. The van der Waals surface area contributed by atoms with Crippen LogP contribution in [0.25, 0.3) is 0 Å². The molecule has 0 aromatic carbocycles. The fourth-order valence-electron chi connectivity index (χ4n) is 2.50. The molecule has 0 aliphatic carbocycles. The molecular weight excluding hydrogens is 310 g/mol. The molecule has 1 aliphatic heterocycles. The molecule has 0 amide bonds. The number of nitrogens with zero attached hydrogens (tertiary/aromatic N) is 4. The summed E-state index contributed by atoms with van der Waals surface area (Å²) in [6.07, 6.45) is 5.13. The summed E-state index contributed by atoms with van der Waals surface area (Å²) in [5.74, 6) is 1.01. The van der Waals surface area contributed by atoms with Crippen molar-refractivity contribution in [1.82, 2.24) is 9.97 Å². The average Bonchev–Trinajstić information content (AvgIpc) is 2.48. The van der Waals surface area contributed by atoms with E-state index in [2.05, 4.69) is 39.7 Å². The molecule has 1 fully saturated rings. The SMILES string of the molecule is CC(=N)/C=C(\S)Nc1nc(N2CC(N)CCC2C)cnc1C#N. The highest BCUT2D eigenvalue weighted by Gasteiger charge is 2.25. The number of nitriles is 1. The lowest BCUT2D eigenvalue weighted by Gasteiger charge is -2.37. The molecule has 0 spiro atoms. The Hall–Kier alpha value is -2.11. The van der Waals surface area contributed by atoms with E-state index in [4.69, 9.17) is 11.1 Å². The van der Waals surface area contributed by atoms with E-state index < -0.39 is 0 Å². The zero-order valence-electron chi connectivity index (χ0n) is 13.2. The largest absolute Gasteiger partial charge is 0.351 e. The van der Waals surface area contributed by atoms with Crippen LogP contribution in [0.2, 0.25) is 0 Å². The summed E-state index contributed by atoms with van der Waals surface area (Å²) in [5, 5.41) is 20.0. The minimum Gasteiger partial charge on any atom is -0.351 e. The monoisotopic (exact) mass is 331 g/mol. The second kappa shape index (κ2) is 7.44. The van der Waals surface area contributed by atoms with Crippen LogP contribution in [0.4, 0.5) is 11.6 Å². The predicted octanol–water partition coefficient (Wildman–Crippen LogP) is 1.89. The van der Waals surface area contributed by atoms with E-state index in [0.29, 0.717) is 35.0 Å². The Morgan fingerprint density at radius 3 is 3.00 bits per heavy atom. The van der Waals surface area contributed by atoms with Gasteiger partial charge in [-0.1, -0.05) is 0 Å². The Morgan fingerprint density at radius 1 is 1.61 bits per heavy atom. The van der Waals surface area contributed by atoms with Gasteiger partial charge in [0.05, 0.1) is 11.2 Å².